The lowest BCUT2D eigenvalue weighted by Gasteiger charge is -2.22. The van der Waals surface area contributed by atoms with Crippen LogP contribution in [0.2, 0.25) is 10.0 Å². The molecule has 1 atom stereocenters. The molecule has 3 rings (SSSR count). The Balaban J connectivity index is 1.99. The number of rotatable bonds is 3. The predicted molar refractivity (Wildman–Crippen MR) is 92.9 cm³/mol. The maximum absolute atomic E-state index is 12.9. The summed E-state index contributed by atoms with van der Waals surface area (Å²) >= 11 is 11.8. The van der Waals surface area contributed by atoms with E-state index in [4.69, 9.17) is 23.2 Å². The Morgan fingerprint density at radius 3 is 2.28 bits per heavy atom. The number of hydrogen-bond donors (Lipinski definition) is 1. The molecule has 1 aliphatic rings. The number of nitrogens with zero attached hydrogens (tertiary/aromatic N) is 2. The molecule has 1 aliphatic heterocycles. The molecular weight excluding hydrogens is 369 g/mol. The largest absolute Gasteiger partial charge is 0.329 e. The lowest BCUT2D eigenvalue weighted by Crippen LogP contribution is -2.40. The van der Waals surface area contributed by atoms with Gasteiger partial charge in [-0.3, -0.25) is 14.9 Å². The van der Waals surface area contributed by atoms with E-state index >= 15 is 0 Å². The summed E-state index contributed by atoms with van der Waals surface area (Å²) in [5.74, 6) is -0.523. The Bertz CT molecular complexity index is 901. The summed E-state index contributed by atoms with van der Waals surface area (Å²) in [6.07, 6.45) is 0. The summed E-state index contributed by atoms with van der Waals surface area (Å²) < 4.78 is 0. The monoisotopic (exact) mass is 379 g/mol. The fourth-order valence-electron chi connectivity index (χ4n) is 2.61. The van der Waals surface area contributed by atoms with Crippen molar-refractivity contribution in [1.29, 1.82) is 0 Å². The smallest absolute Gasteiger partial charge is 0.319 e. The summed E-state index contributed by atoms with van der Waals surface area (Å²) in [5, 5.41) is 13.9. The van der Waals surface area contributed by atoms with E-state index in [1.54, 1.807) is 0 Å². The van der Waals surface area contributed by atoms with Gasteiger partial charge in [-0.2, -0.15) is 0 Å². The zero-order valence-corrected chi connectivity index (χ0v) is 14.3. The van der Waals surface area contributed by atoms with Gasteiger partial charge < -0.3 is 5.32 Å². The van der Waals surface area contributed by atoms with Crippen LogP contribution in [0.1, 0.15) is 12.5 Å². The van der Waals surface area contributed by atoms with Crippen molar-refractivity contribution in [2.45, 2.75) is 12.5 Å². The van der Waals surface area contributed by atoms with E-state index in [1.165, 1.54) is 49.4 Å². The molecule has 0 radical (unpaired) electrons. The molecule has 0 aliphatic carbocycles. The molecule has 9 heteroatoms. The Labute approximate surface area is 152 Å². The highest BCUT2D eigenvalue weighted by molar-refractivity contribution is 6.42. The SMILES string of the molecule is CC1(c2ccc([N+](=O)[O-])cc2)NC(=O)N(c2ccc(Cl)c(Cl)c2)C1=O. The topological polar surface area (TPSA) is 92.6 Å². The molecule has 0 spiro atoms. The first kappa shape index (κ1) is 17.2. The zero-order valence-electron chi connectivity index (χ0n) is 12.8. The Hall–Kier alpha value is -2.64. The molecule has 0 aromatic heterocycles. The minimum Gasteiger partial charge on any atom is -0.319 e. The number of non-ortho nitro benzene ring substituents is 1. The van der Waals surface area contributed by atoms with E-state index in [2.05, 4.69) is 5.32 Å². The summed E-state index contributed by atoms with van der Waals surface area (Å²) in [6.45, 7) is 1.53. The number of amides is 3. The average Bonchev–Trinajstić information content (AvgIpc) is 2.80. The second-order valence-corrected chi connectivity index (χ2v) is 6.41. The van der Waals surface area contributed by atoms with Crippen molar-refractivity contribution >= 4 is 46.5 Å². The standard InChI is InChI=1S/C16H11Cl2N3O4/c1-16(9-2-4-10(5-3-9)21(24)25)14(22)20(15(23)19-16)11-6-7-12(17)13(18)8-11/h2-8H,1H3,(H,19,23). The minimum absolute atomic E-state index is 0.106. The Morgan fingerprint density at radius 1 is 1.08 bits per heavy atom. The first-order valence-electron chi connectivity index (χ1n) is 7.11. The van der Waals surface area contributed by atoms with Crippen LogP contribution < -0.4 is 10.2 Å². The molecule has 7 nitrogen and oxygen atoms in total. The van der Waals surface area contributed by atoms with Crippen LogP contribution in [0, 0.1) is 10.1 Å². The lowest BCUT2D eigenvalue weighted by molar-refractivity contribution is -0.384. The van der Waals surface area contributed by atoms with Crippen LogP contribution in [0.15, 0.2) is 42.5 Å². The zero-order chi connectivity index (χ0) is 18.4. The van der Waals surface area contributed by atoms with E-state index in [-0.39, 0.29) is 16.4 Å². The summed E-state index contributed by atoms with van der Waals surface area (Å²) in [7, 11) is 0. The molecule has 128 valence electrons. The van der Waals surface area contributed by atoms with Crippen molar-refractivity contribution in [3.8, 4) is 0 Å². The van der Waals surface area contributed by atoms with Gasteiger partial charge in [-0.25, -0.2) is 9.69 Å². The van der Waals surface area contributed by atoms with Gasteiger partial charge in [0, 0.05) is 12.1 Å². The number of carbonyl (C=O) groups is 2. The number of urea groups is 1. The summed E-state index contributed by atoms with van der Waals surface area (Å²) in [5.41, 5.74) is -0.745. The molecule has 2 aromatic rings. The van der Waals surface area contributed by atoms with Gasteiger partial charge in [-0.15, -0.1) is 0 Å². The first-order chi connectivity index (χ1) is 11.7. The molecule has 2 aromatic carbocycles. The van der Waals surface area contributed by atoms with Crippen molar-refractivity contribution < 1.29 is 14.5 Å². The second-order valence-electron chi connectivity index (χ2n) is 5.60. The molecule has 3 amide bonds. The van der Waals surface area contributed by atoms with Crippen molar-refractivity contribution in [3.05, 3.63) is 68.2 Å². The van der Waals surface area contributed by atoms with Crippen LogP contribution in [0.25, 0.3) is 0 Å². The molecule has 1 unspecified atom stereocenters. The third-order valence-electron chi connectivity index (χ3n) is 4.01. The number of imide groups is 1. The van der Waals surface area contributed by atoms with Crippen LogP contribution in [0.4, 0.5) is 16.2 Å². The van der Waals surface area contributed by atoms with E-state index in [1.807, 2.05) is 0 Å². The third-order valence-corrected chi connectivity index (χ3v) is 4.75. The predicted octanol–water partition coefficient (Wildman–Crippen LogP) is 3.87. The molecule has 0 bridgehead atoms. The van der Waals surface area contributed by atoms with Crippen molar-refractivity contribution in [2.75, 3.05) is 4.90 Å². The minimum atomic E-state index is -1.35. The lowest BCUT2D eigenvalue weighted by atomic mass is 9.92. The second kappa shape index (κ2) is 6.02. The van der Waals surface area contributed by atoms with Crippen LogP contribution in [-0.2, 0) is 10.3 Å². The maximum atomic E-state index is 12.9. The van der Waals surface area contributed by atoms with E-state index in [9.17, 15) is 19.7 Å². The maximum Gasteiger partial charge on any atom is 0.329 e. The Morgan fingerprint density at radius 2 is 1.72 bits per heavy atom. The van der Waals surface area contributed by atoms with E-state index in [0.29, 0.717) is 10.6 Å². The van der Waals surface area contributed by atoms with E-state index in [0.717, 1.165) is 4.90 Å². The number of anilines is 1. The van der Waals surface area contributed by atoms with Gasteiger partial charge in [-0.05, 0) is 42.8 Å². The van der Waals surface area contributed by atoms with Gasteiger partial charge in [0.05, 0.1) is 20.7 Å². The van der Waals surface area contributed by atoms with E-state index < -0.39 is 22.4 Å². The van der Waals surface area contributed by atoms with Gasteiger partial charge in [-0.1, -0.05) is 23.2 Å². The fraction of sp³-hybridized carbons (Fsp3) is 0.125. The molecule has 1 N–H and O–H groups in total. The molecule has 0 saturated carbocycles. The van der Waals surface area contributed by atoms with Gasteiger partial charge in [0.1, 0.15) is 5.54 Å². The van der Waals surface area contributed by atoms with Gasteiger partial charge in [0.2, 0.25) is 0 Å². The molecule has 1 saturated heterocycles. The van der Waals surface area contributed by atoms with Gasteiger partial charge in [0.25, 0.3) is 11.6 Å². The average molecular weight is 380 g/mol. The number of halogens is 2. The number of hydrogen-bond acceptors (Lipinski definition) is 4. The Kier molecular flexibility index (Phi) is 4.14. The van der Waals surface area contributed by atoms with Crippen LogP contribution >= 0.6 is 23.2 Å². The van der Waals surface area contributed by atoms with Gasteiger partial charge >= 0.3 is 6.03 Å². The normalized spacial score (nSPS) is 19.9. The number of carbonyl (C=O) groups excluding carboxylic acids is 2. The van der Waals surface area contributed by atoms with Crippen LogP contribution in [-0.4, -0.2) is 16.9 Å². The number of nitro groups is 1. The fourth-order valence-corrected chi connectivity index (χ4v) is 2.90. The molecular formula is C16H11Cl2N3O4. The quantitative estimate of drug-likeness (QED) is 0.497. The highest BCUT2D eigenvalue weighted by Gasteiger charge is 2.49. The molecule has 1 fully saturated rings. The first-order valence-corrected chi connectivity index (χ1v) is 7.86. The van der Waals surface area contributed by atoms with Crippen molar-refractivity contribution in [3.63, 3.8) is 0 Å². The highest BCUT2D eigenvalue weighted by Crippen LogP contribution is 2.35. The van der Waals surface area contributed by atoms with Crippen molar-refractivity contribution in [1.82, 2.24) is 5.32 Å². The third kappa shape index (κ3) is 2.81. The van der Waals surface area contributed by atoms with Crippen molar-refractivity contribution in [2.24, 2.45) is 0 Å². The number of benzene rings is 2. The van der Waals surface area contributed by atoms with Crippen LogP contribution in [0.3, 0.4) is 0 Å². The van der Waals surface area contributed by atoms with Gasteiger partial charge in [0.15, 0.2) is 0 Å². The molecule has 1 heterocycles. The summed E-state index contributed by atoms with van der Waals surface area (Å²) in [6, 6.07) is 9.23. The summed E-state index contributed by atoms with van der Waals surface area (Å²) in [4.78, 5) is 36.4. The number of nitrogens with one attached hydrogen (secondary N) is 1. The van der Waals surface area contributed by atoms with Crippen LogP contribution in [0.5, 0.6) is 0 Å². The number of nitro benzene ring substituents is 1. The highest BCUT2D eigenvalue weighted by atomic mass is 35.5. The molecule has 25 heavy (non-hydrogen) atoms.